The van der Waals surface area contributed by atoms with Crippen LogP contribution in [0.4, 0.5) is 0 Å². The third kappa shape index (κ3) is 2.35. The molecule has 1 aliphatic rings. The average molecular weight is 274 g/mol. The van der Waals surface area contributed by atoms with Crippen molar-refractivity contribution in [3.05, 3.63) is 28.2 Å². The van der Waals surface area contributed by atoms with Gasteiger partial charge in [0, 0.05) is 0 Å². The minimum Gasteiger partial charge on any atom is -0.474 e. The lowest BCUT2D eigenvalue weighted by Crippen LogP contribution is -2.46. The van der Waals surface area contributed by atoms with E-state index in [-0.39, 0.29) is 0 Å². The highest BCUT2D eigenvalue weighted by atomic mass is 35.5. The number of hydrogen-bond donors (Lipinski definition) is 1. The summed E-state index contributed by atoms with van der Waals surface area (Å²) in [6, 6.07) is 5.07. The molecule has 1 amide bonds. The fraction of sp³-hybridized carbons (Fsp3) is 0.417. The second-order valence-corrected chi connectivity index (χ2v) is 5.03. The van der Waals surface area contributed by atoms with Crippen molar-refractivity contribution in [3.8, 4) is 5.75 Å². The lowest BCUT2D eigenvalue weighted by Gasteiger charge is -2.27. The molecule has 2 rings (SSSR count). The fourth-order valence-electron chi connectivity index (χ4n) is 2.12. The van der Waals surface area contributed by atoms with E-state index >= 15 is 0 Å². The van der Waals surface area contributed by atoms with Gasteiger partial charge in [0.25, 0.3) is 5.91 Å². The predicted molar refractivity (Wildman–Crippen MR) is 67.5 cm³/mol. The van der Waals surface area contributed by atoms with E-state index < -0.39 is 11.5 Å². The van der Waals surface area contributed by atoms with Gasteiger partial charge < -0.3 is 10.5 Å². The van der Waals surface area contributed by atoms with Crippen LogP contribution >= 0.6 is 23.2 Å². The van der Waals surface area contributed by atoms with Gasteiger partial charge in [0.05, 0.1) is 10.0 Å². The number of hydrogen-bond acceptors (Lipinski definition) is 2. The molecule has 0 spiro atoms. The van der Waals surface area contributed by atoms with E-state index in [1.807, 2.05) is 0 Å². The molecule has 1 aliphatic carbocycles. The molecule has 0 aliphatic heterocycles. The molecule has 0 saturated heterocycles. The number of primary amides is 1. The number of carbonyl (C=O) groups is 1. The Morgan fingerprint density at radius 3 is 2.24 bits per heavy atom. The van der Waals surface area contributed by atoms with Gasteiger partial charge in [-0.2, -0.15) is 0 Å². The van der Waals surface area contributed by atoms with Crippen molar-refractivity contribution in [2.75, 3.05) is 0 Å². The van der Waals surface area contributed by atoms with Crippen LogP contribution < -0.4 is 10.5 Å². The second-order valence-electron chi connectivity index (χ2n) is 4.22. The van der Waals surface area contributed by atoms with Gasteiger partial charge in [0.1, 0.15) is 0 Å². The van der Waals surface area contributed by atoms with Gasteiger partial charge in [0.2, 0.25) is 0 Å². The zero-order valence-corrected chi connectivity index (χ0v) is 10.7. The van der Waals surface area contributed by atoms with E-state index in [2.05, 4.69) is 0 Å². The zero-order chi connectivity index (χ0) is 12.5. The number of carbonyl (C=O) groups excluding carboxylic acids is 1. The average Bonchev–Trinajstić information content (AvgIpc) is 2.73. The topological polar surface area (TPSA) is 52.3 Å². The lowest BCUT2D eigenvalue weighted by atomic mass is 10.0. The molecule has 92 valence electrons. The normalized spacial score (nSPS) is 18.0. The van der Waals surface area contributed by atoms with Gasteiger partial charge in [-0.05, 0) is 37.8 Å². The molecule has 1 saturated carbocycles. The van der Waals surface area contributed by atoms with E-state index in [0.717, 1.165) is 12.8 Å². The molecule has 0 unspecified atom stereocenters. The van der Waals surface area contributed by atoms with Crippen LogP contribution in [0.25, 0.3) is 0 Å². The summed E-state index contributed by atoms with van der Waals surface area (Å²) in [5.74, 6) is -0.109. The molecule has 0 heterocycles. The van der Waals surface area contributed by atoms with Crippen molar-refractivity contribution < 1.29 is 9.53 Å². The van der Waals surface area contributed by atoms with Crippen LogP contribution in [0, 0.1) is 0 Å². The summed E-state index contributed by atoms with van der Waals surface area (Å²) in [5, 5.41) is 0.787. The standard InChI is InChI=1S/C12H13Cl2NO2/c13-8-4-3-5-9(14)10(8)17-12(11(15)16)6-1-2-7-12/h3-5H,1-2,6-7H2,(H2,15,16). The van der Waals surface area contributed by atoms with E-state index in [4.69, 9.17) is 33.7 Å². The van der Waals surface area contributed by atoms with Gasteiger partial charge in [-0.15, -0.1) is 0 Å². The summed E-state index contributed by atoms with van der Waals surface area (Å²) in [6.07, 6.45) is 3.07. The SMILES string of the molecule is NC(=O)C1(Oc2c(Cl)cccc2Cl)CCCC1. The molecule has 5 heteroatoms. The molecule has 3 nitrogen and oxygen atoms in total. The van der Waals surface area contributed by atoms with Crippen LogP contribution in [0.5, 0.6) is 5.75 Å². The van der Waals surface area contributed by atoms with Crippen LogP contribution in [-0.2, 0) is 4.79 Å². The van der Waals surface area contributed by atoms with Crippen molar-refractivity contribution in [2.45, 2.75) is 31.3 Å². The smallest absolute Gasteiger partial charge is 0.261 e. The number of benzene rings is 1. The monoisotopic (exact) mass is 273 g/mol. The highest BCUT2D eigenvalue weighted by Crippen LogP contribution is 2.40. The number of halogens is 2. The van der Waals surface area contributed by atoms with Gasteiger partial charge >= 0.3 is 0 Å². The summed E-state index contributed by atoms with van der Waals surface area (Å²) < 4.78 is 5.75. The van der Waals surface area contributed by atoms with Crippen LogP contribution in [0.3, 0.4) is 0 Å². The quantitative estimate of drug-likeness (QED) is 0.920. The predicted octanol–water partition coefficient (Wildman–Crippen LogP) is 3.17. The summed E-state index contributed by atoms with van der Waals surface area (Å²) in [7, 11) is 0. The van der Waals surface area contributed by atoms with Gasteiger partial charge in [-0.25, -0.2) is 0 Å². The maximum Gasteiger partial charge on any atom is 0.261 e. The number of ether oxygens (including phenoxy) is 1. The number of para-hydroxylation sites is 1. The first-order valence-electron chi connectivity index (χ1n) is 5.48. The maximum absolute atomic E-state index is 11.6. The van der Waals surface area contributed by atoms with Crippen LogP contribution in [0.2, 0.25) is 10.0 Å². The summed E-state index contributed by atoms with van der Waals surface area (Å²) in [6.45, 7) is 0. The molecule has 0 radical (unpaired) electrons. The Labute approximate surface area is 110 Å². The molecule has 1 fully saturated rings. The molecular weight excluding hydrogens is 261 g/mol. The van der Waals surface area contributed by atoms with Gasteiger partial charge in [0.15, 0.2) is 11.4 Å². The van der Waals surface area contributed by atoms with Crippen molar-refractivity contribution in [3.63, 3.8) is 0 Å². The molecule has 2 N–H and O–H groups in total. The van der Waals surface area contributed by atoms with E-state index in [1.54, 1.807) is 18.2 Å². The van der Waals surface area contributed by atoms with Gasteiger partial charge in [-0.3, -0.25) is 4.79 Å². The molecule has 0 aromatic heterocycles. The largest absolute Gasteiger partial charge is 0.474 e. The molecule has 1 aromatic carbocycles. The molecular formula is C12H13Cl2NO2. The molecule has 0 atom stereocenters. The number of rotatable bonds is 3. The van der Waals surface area contributed by atoms with E-state index in [1.165, 1.54) is 0 Å². The summed E-state index contributed by atoms with van der Waals surface area (Å²) >= 11 is 12.0. The summed E-state index contributed by atoms with van der Waals surface area (Å²) in [4.78, 5) is 11.6. The van der Waals surface area contributed by atoms with Crippen molar-refractivity contribution in [1.82, 2.24) is 0 Å². The Balaban J connectivity index is 2.33. The third-order valence-electron chi connectivity index (χ3n) is 3.08. The first kappa shape index (κ1) is 12.5. The first-order valence-corrected chi connectivity index (χ1v) is 6.24. The number of amides is 1. The Kier molecular flexibility index (Phi) is 3.50. The Bertz CT molecular complexity index is 422. The minimum atomic E-state index is -0.950. The zero-order valence-electron chi connectivity index (χ0n) is 9.21. The fourth-order valence-corrected chi connectivity index (χ4v) is 2.59. The van der Waals surface area contributed by atoms with Crippen LogP contribution in [0.15, 0.2) is 18.2 Å². The second kappa shape index (κ2) is 4.75. The first-order chi connectivity index (χ1) is 8.05. The highest BCUT2D eigenvalue weighted by molar-refractivity contribution is 6.37. The van der Waals surface area contributed by atoms with Gasteiger partial charge in [-0.1, -0.05) is 29.3 Å². The third-order valence-corrected chi connectivity index (χ3v) is 3.67. The molecule has 0 bridgehead atoms. The molecule has 17 heavy (non-hydrogen) atoms. The van der Waals surface area contributed by atoms with Crippen molar-refractivity contribution in [2.24, 2.45) is 5.73 Å². The molecule has 1 aromatic rings. The summed E-state index contributed by atoms with van der Waals surface area (Å²) in [5.41, 5.74) is 4.48. The Hall–Kier alpha value is -0.930. The van der Waals surface area contributed by atoms with E-state index in [0.29, 0.717) is 28.6 Å². The van der Waals surface area contributed by atoms with E-state index in [9.17, 15) is 4.79 Å². The van der Waals surface area contributed by atoms with Crippen molar-refractivity contribution in [1.29, 1.82) is 0 Å². The Morgan fingerprint density at radius 1 is 1.24 bits per heavy atom. The number of nitrogens with two attached hydrogens (primary N) is 1. The minimum absolute atomic E-state index is 0.344. The lowest BCUT2D eigenvalue weighted by molar-refractivity contribution is -0.132. The van der Waals surface area contributed by atoms with Crippen molar-refractivity contribution >= 4 is 29.1 Å². The highest BCUT2D eigenvalue weighted by Gasteiger charge is 2.42. The maximum atomic E-state index is 11.6. The van der Waals surface area contributed by atoms with Crippen LogP contribution in [-0.4, -0.2) is 11.5 Å². The Morgan fingerprint density at radius 2 is 1.76 bits per heavy atom. The van der Waals surface area contributed by atoms with Crippen LogP contribution in [0.1, 0.15) is 25.7 Å².